The van der Waals surface area contributed by atoms with Crippen molar-refractivity contribution in [3.8, 4) is 11.5 Å². The van der Waals surface area contributed by atoms with E-state index >= 15 is 0 Å². The third kappa shape index (κ3) is 2.34. The molecule has 0 amide bonds. The lowest BCUT2D eigenvalue weighted by molar-refractivity contribution is 0.485. The molecule has 102 valence electrons. The molecule has 3 aromatic rings. The highest BCUT2D eigenvalue weighted by Gasteiger charge is 2.09. The van der Waals surface area contributed by atoms with E-state index in [0.29, 0.717) is 17.2 Å². The standard InChI is InChI=1S/C14H13BrN4O/c1-2-19-8-10(7-18-19)20-13-4-3-12(16)11-5-9(15)6-17-14(11)13/h3-8H,2,16H2,1H3. The summed E-state index contributed by atoms with van der Waals surface area (Å²) in [5.74, 6) is 1.35. The van der Waals surface area contributed by atoms with Crippen molar-refractivity contribution < 1.29 is 4.74 Å². The number of halogens is 1. The maximum atomic E-state index is 5.98. The van der Waals surface area contributed by atoms with Crippen LogP contribution in [0.2, 0.25) is 0 Å². The van der Waals surface area contributed by atoms with Crippen molar-refractivity contribution in [2.45, 2.75) is 13.5 Å². The Morgan fingerprint density at radius 3 is 2.95 bits per heavy atom. The van der Waals surface area contributed by atoms with Gasteiger partial charge < -0.3 is 10.5 Å². The van der Waals surface area contributed by atoms with E-state index in [1.165, 1.54) is 0 Å². The average Bonchev–Trinajstić information content (AvgIpc) is 2.90. The molecule has 0 spiro atoms. The predicted octanol–water partition coefficient (Wildman–Crippen LogP) is 3.59. The van der Waals surface area contributed by atoms with Crippen LogP contribution in [-0.4, -0.2) is 14.8 Å². The van der Waals surface area contributed by atoms with Crippen LogP contribution in [-0.2, 0) is 6.54 Å². The molecule has 0 unspecified atom stereocenters. The van der Waals surface area contributed by atoms with Gasteiger partial charge in [0.1, 0.15) is 5.52 Å². The van der Waals surface area contributed by atoms with Crippen LogP contribution in [0.3, 0.4) is 0 Å². The van der Waals surface area contributed by atoms with Gasteiger partial charge in [0, 0.05) is 28.3 Å². The summed E-state index contributed by atoms with van der Waals surface area (Å²) in [7, 11) is 0. The molecule has 0 saturated heterocycles. The molecule has 5 nitrogen and oxygen atoms in total. The fourth-order valence-electron chi connectivity index (χ4n) is 1.97. The Balaban J connectivity index is 2.05. The molecule has 6 heteroatoms. The molecule has 3 rings (SSSR count). The van der Waals surface area contributed by atoms with Crippen LogP contribution >= 0.6 is 15.9 Å². The maximum Gasteiger partial charge on any atom is 0.165 e. The number of pyridine rings is 1. The Morgan fingerprint density at radius 2 is 2.20 bits per heavy atom. The van der Waals surface area contributed by atoms with Gasteiger partial charge in [-0.2, -0.15) is 5.10 Å². The summed E-state index contributed by atoms with van der Waals surface area (Å²) in [5, 5.41) is 5.04. The highest BCUT2D eigenvalue weighted by atomic mass is 79.9. The van der Waals surface area contributed by atoms with Crippen LogP contribution in [0.1, 0.15) is 6.92 Å². The van der Waals surface area contributed by atoms with Gasteiger partial charge in [-0.15, -0.1) is 0 Å². The maximum absolute atomic E-state index is 5.98. The molecule has 0 bridgehead atoms. The van der Waals surface area contributed by atoms with E-state index in [-0.39, 0.29) is 0 Å². The van der Waals surface area contributed by atoms with Crippen LogP contribution < -0.4 is 10.5 Å². The molecule has 0 aliphatic rings. The van der Waals surface area contributed by atoms with Gasteiger partial charge in [-0.05, 0) is 41.1 Å². The van der Waals surface area contributed by atoms with E-state index in [1.807, 2.05) is 31.3 Å². The lowest BCUT2D eigenvalue weighted by Gasteiger charge is -2.08. The number of hydrogen-bond donors (Lipinski definition) is 1. The number of rotatable bonds is 3. The van der Waals surface area contributed by atoms with Gasteiger partial charge in [-0.3, -0.25) is 9.67 Å². The number of nitrogens with two attached hydrogens (primary N) is 1. The molecule has 0 fully saturated rings. The molecule has 0 saturated carbocycles. The van der Waals surface area contributed by atoms with Crippen molar-refractivity contribution in [2.24, 2.45) is 0 Å². The first-order valence-electron chi connectivity index (χ1n) is 6.21. The van der Waals surface area contributed by atoms with Crippen LogP contribution in [0.25, 0.3) is 10.9 Å². The average molecular weight is 333 g/mol. The Kier molecular flexibility index (Phi) is 3.31. The van der Waals surface area contributed by atoms with Gasteiger partial charge >= 0.3 is 0 Å². The van der Waals surface area contributed by atoms with Gasteiger partial charge in [-0.1, -0.05) is 0 Å². The summed E-state index contributed by atoms with van der Waals surface area (Å²) in [6, 6.07) is 5.57. The number of hydrogen-bond acceptors (Lipinski definition) is 4. The third-order valence-corrected chi connectivity index (χ3v) is 3.41. The van der Waals surface area contributed by atoms with Crippen molar-refractivity contribution >= 4 is 32.5 Å². The molecule has 0 aliphatic carbocycles. The van der Waals surface area contributed by atoms with Crippen LogP contribution in [0, 0.1) is 0 Å². The zero-order valence-electron chi connectivity index (χ0n) is 10.9. The number of fused-ring (bicyclic) bond motifs is 1. The van der Waals surface area contributed by atoms with Crippen molar-refractivity contribution in [1.29, 1.82) is 0 Å². The fourth-order valence-corrected chi connectivity index (χ4v) is 2.30. The zero-order chi connectivity index (χ0) is 14.1. The number of aryl methyl sites for hydroxylation is 1. The number of nitrogen functional groups attached to an aromatic ring is 1. The highest BCUT2D eigenvalue weighted by Crippen LogP contribution is 2.32. The summed E-state index contributed by atoms with van der Waals surface area (Å²) in [4.78, 5) is 4.39. The second-order valence-electron chi connectivity index (χ2n) is 4.34. The van der Waals surface area contributed by atoms with E-state index < -0.39 is 0 Å². The second kappa shape index (κ2) is 5.13. The molecule has 0 aliphatic heterocycles. The Hall–Kier alpha value is -2.08. The van der Waals surface area contributed by atoms with E-state index in [0.717, 1.165) is 21.9 Å². The zero-order valence-corrected chi connectivity index (χ0v) is 12.5. The summed E-state index contributed by atoms with van der Waals surface area (Å²) in [6.45, 7) is 2.82. The largest absolute Gasteiger partial charge is 0.452 e. The summed E-state index contributed by atoms with van der Waals surface area (Å²) in [6.07, 6.45) is 5.26. The number of ether oxygens (including phenoxy) is 1. The first kappa shape index (κ1) is 12.9. The van der Waals surface area contributed by atoms with Crippen LogP contribution in [0.15, 0.2) is 41.3 Å². The predicted molar refractivity (Wildman–Crippen MR) is 81.8 cm³/mol. The van der Waals surface area contributed by atoms with Crippen molar-refractivity contribution in [3.05, 3.63) is 41.3 Å². The van der Waals surface area contributed by atoms with E-state index in [1.54, 1.807) is 17.1 Å². The minimum atomic E-state index is 0.664. The number of anilines is 1. The topological polar surface area (TPSA) is 66.0 Å². The number of aromatic nitrogens is 3. The van der Waals surface area contributed by atoms with Gasteiger partial charge in [0.25, 0.3) is 0 Å². The second-order valence-corrected chi connectivity index (χ2v) is 5.25. The Labute approximate surface area is 124 Å². The van der Waals surface area contributed by atoms with Gasteiger partial charge in [0.05, 0.1) is 12.4 Å². The van der Waals surface area contributed by atoms with Gasteiger partial charge in [0.15, 0.2) is 11.5 Å². The van der Waals surface area contributed by atoms with Crippen molar-refractivity contribution in [2.75, 3.05) is 5.73 Å². The summed E-state index contributed by atoms with van der Waals surface area (Å²) in [5.41, 5.74) is 7.39. The van der Waals surface area contributed by atoms with Crippen molar-refractivity contribution in [1.82, 2.24) is 14.8 Å². The summed E-state index contributed by atoms with van der Waals surface area (Å²) < 4.78 is 8.54. The monoisotopic (exact) mass is 332 g/mol. The number of nitrogens with zero attached hydrogens (tertiary/aromatic N) is 3. The minimum absolute atomic E-state index is 0.664. The molecule has 0 radical (unpaired) electrons. The molecular formula is C14H13BrN4O. The SMILES string of the molecule is CCn1cc(Oc2ccc(N)c3cc(Br)cnc23)cn1. The van der Waals surface area contributed by atoms with E-state index in [4.69, 9.17) is 10.5 Å². The van der Waals surface area contributed by atoms with E-state index in [2.05, 4.69) is 26.0 Å². The molecule has 20 heavy (non-hydrogen) atoms. The van der Waals surface area contributed by atoms with Crippen LogP contribution in [0.5, 0.6) is 11.5 Å². The van der Waals surface area contributed by atoms with E-state index in [9.17, 15) is 0 Å². The van der Waals surface area contributed by atoms with Crippen LogP contribution in [0.4, 0.5) is 5.69 Å². The van der Waals surface area contributed by atoms with Gasteiger partial charge in [-0.25, -0.2) is 0 Å². The highest BCUT2D eigenvalue weighted by molar-refractivity contribution is 9.10. The van der Waals surface area contributed by atoms with Crippen molar-refractivity contribution in [3.63, 3.8) is 0 Å². The number of benzene rings is 1. The van der Waals surface area contributed by atoms with Gasteiger partial charge in [0.2, 0.25) is 0 Å². The lowest BCUT2D eigenvalue weighted by Crippen LogP contribution is -1.93. The third-order valence-electron chi connectivity index (χ3n) is 2.97. The summed E-state index contributed by atoms with van der Waals surface area (Å²) >= 11 is 3.40. The molecule has 1 aromatic carbocycles. The minimum Gasteiger partial charge on any atom is -0.452 e. The first-order chi connectivity index (χ1) is 9.67. The Morgan fingerprint density at radius 1 is 1.35 bits per heavy atom. The smallest absolute Gasteiger partial charge is 0.165 e. The quantitative estimate of drug-likeness (QED) is 0.744. The molecule has 0 atom stereocenters. The molecule has 2 aromatic heterocycles. The fraction of sp³-hybridized carbons (Fsp3) is 0.143. The molecule has 2 heterocycles. The molecule has 2 N–H and O–H groups in total. The first-order valence-corrected chi connectivity index (χ1v) is 7.00. The lowest BCUT2D eigenvalue weighted by atomic mass is 10.1. The molecular weight excluding hydrogens is 320 g/mol. The Bertz CT molecular complexity index is 769. The normalized spacial score (nSPS) is 10.9.